The molecule has 1 aromatic carbocycles. The van der Waals surface area contributed by atoms with Crippen LogP contribution in [0.4, 0.5) is 0 Å². The first-order valence-electron chi connectivity index (χ1n) is 9.74. The van der Waals surface area contributed by atoms with Crippen LogP contribution >= 0.6 is 0 Å². The lowest BCUT2D eigenvalue weighted by Gasteiger charge is -2.22. The number of methoxy groups -OCH3 is 1. The number of nitrogens with one attached hydrogen (secondary N) is 1. The highest BCUT2D eigenvalue weighted by Gasteiger charge is 2.15. The van der Waals surface area contributed by atoms with E-state index in [0.29, 0.717) is 6.54 Å². The second-order valence-corrected chi connectivity index (χ2v) is 6.87. The molecule has 0 spiro atoms. The number of aryl methyl sites for hydroxylation is 1. The molecule has 7 heteroatoms. The Morgan fingerprint density at radius 3 is 2.78 bits per heavy atom. The Balaban J connectivity index is 1.69. The van der Waals surface area contributed by atoms with Crippen LogP contribution in [0, 0.1) is 0 Å². The summed E-state index contributed by atoms with van der Waals surface area (Å²) in [4.78, 5) is 6.94. The van der Waals surface area contributed by atoms with Gasteiger partial charge in [0.1, 0.15) is 18.1 Å². The van der Waals surface area contributed by atoms with Crippen LogP contribution in [0.2, 0.25) is 0 Å². The molecule has 0 amide bonds. The number of nitrogens with zero attached hydrogens (tertiary/aromatic N) is 5. The predicted octanol–water partition coefficient (Wildman–Crippen LogP) is 2.61. The maximum Gasteiger partial charge on any atom is 0.194 e. The number of hydrogen-bond acceptors (Lipinski definition) is 4. The van der Waals surface area contributed by atoms with Gasteiger partial charge in [-0.2, -0.15) is 0 Å². The van der Waals surface area contributed by atoms with E-state index in [1.54, 1.807) is 7.11 Å². The maximum atomic E-state index is 5.23. The van der Waals surface area contributed by atoms with Crippen molar-refractivity contribution >= 4 is 5.96 Å². The summed E-state index contributed by atoms with van der Waals surface area (Å²) in [5.41, 5.74) is 1.21. The number of aliphatic imine (C=N–C) groups is 1. The molecule has 1 aromatic heterocycles. The lowest BCUT2D eigenvalue weighted by Crippen LogP contribution is -2.38. The number of aromatic nitrogens is 3. The summed E-state index contributed by atoms with van der Waals surface area (Å²) in [6.07, 6.45) is 4.68. The van der Waals surface area contributed by atoms with E-state index in [1.807, 2.05) is 12.1 Å². The van der Waals surface area contributed by atoms with E-state index in [1.165, 1.54) is 24.8 Å². The molecule has 0 atom stereocenters. The van der Waals surface area contributed by atoms with Crippen molar-refractivity contribution in [1.82, 2.24) is 25.0 Å². The molecule has 1 aliphatic heterocycles. The van der Waals surface area contributed by atoms with E-state index in [4.69, 9.17) is 9.73 Å². The van der Waals surface area contributed by atoms with Gasteiger partial charge in [-0.25, -0.2) is 4.99 Å². The average Bonchev–Trinajstić information content (AvgIpc) is 2.92. The number of guanidine groups is 1. The number of benzene rings is 1. The fourth-order valence-electron chi connectivity index (χ4n) is 3.36. The molecule has 0 saturated carbocycles. The van der Waals surface area contributed by atoms with E-state index < -0.39 is 0 Å². The second-order valence-electron chi connectivity index (χ2n) is 6.87. The first-order chi connectivity index (χ1) is 13.2. The lowest BCUT2D eigenvalue weighted by atomic mass is 10.2. The Morgan fingerprint density at radius 1 is 1.22 bits per heavy atom. The van der Waals surface area contributed by atoms with E-state index in [-0.39, 0.29) is 0 Å². The van der Waals surface area contributed by atoms with Gasteiger partial charge in [0.05, 0.1) is 7.11 Å². The minimum atomic E-state index is 0.544. The normalized spacial score (nSPS) is 14.4. The third-order valence-corrected chi connectivity index (χ3v) is 4.83. The van der Waals surface area contributed by atoms with Crippen LogP contribution in [-0.4, -0.2) is 46.3 Å². The highest BCUT2D eigenvalue weighted by Crippen LogP contribution is 2.15. The fraction of sp³-hybridized carbons (Fsp3) is 0.550. The van der Waals surface area contributed by atoms with Gasteiger partial charge in [0, 0.05) is 33.1 Å². The molecule has 3 rings (SSSR count). The molecule has 1 N–H and O–H groups in total. The molecule has 27 heavy (non-hydrogen) atoms. The molecule has 0 fully saturated rings. The Bertz CT molecular complexity index is 752. The van der Waals surface area contributed by atoms with E-state index >= 15 is 0 Å². The summed E-state index contributed by atoms with van der Waals surface area (Å²) in [6, 6.07) is 8.13. The van der Waals surface area contributed by atoms with E-state index in [9.17, 15) is 0 Å². The highest BCUT2D eigenvalue weighted by molar-refractivity contribution is 5.79. The Hall–Kier alpha value is -2.57. The monoisotopic (exact) mass is 370 g/mol. The number of ether oxygens (including phenoxy) is 1. The van der Waals surface area contributed by atoms with Gasteiger partial charge < -0.3 is 19.5 Å². The third-order valence-electron chi connectivity index (χ3n) is 4.83. The first kappa shape index (κ1) is 19.2. The van der Waals surface area contributed by atoms with Crippen LogP contribution in [0.25, 0.3) is 0 Å². The van der Waals surface area contributed by atoms with Gasteiger partial charge in [-0.05, 0) is 37.5 Å². The van der Waals surface area contributed by atoms with Crippen molar-refractivity contribution in [1.29, 1.82) is 0 Å². The third kappa shape index (κ3) is 4.99. The molecule has 0 bridgehead atoms. The summed E-state index contributed by atoms with van der Waals surface area (Å²) in [5, 5.41) is 12.1. The zero-order valence-corrected chi connectivity index (χ0v) is 16.6. The van der Waals surface area contributed by atoms with Crippen molar-refractivity contribution in [3.8, 4) is 5.75 Å². The number of hydrogen-bond donors (Lipinski definition) is 1. The van der Waals surface area contributed by atoms with Crippen molar-refractivity contribution in [3.05, 3.63) is 41.5 Å². The molecular formula is C20H30N6O. The summed E-state index contributed by atoms with van der Waals surface area (Å²) >= 11 is 0. The minimum Gasteiger partial charge on any atom is -0.497 e. The van der Waals surface area contributed by atoms with Crippen molar-refractivity contribution in [3.63, 3.8) is 0 Å². The summed E-state index contributed by atoms with van der Waals surface area (Å²) < 4.78 is 7.48. The largest absolute Gasteiger partial charge is 0.497 e. The molecule has 1 aliphatic rings. The van der Waals surface area contributed by atoms with Gasteiger partial charge in [-0.15, -0.1) is 10.2 Å². The van der Waals surface area contributed by atoms with Gasteiger partial charge in [-0.1, -0.05) is 18.6 Å². The predicted molar refractivity (Wildman–Crippen MR) is 107 cm³/mol. The quantitative estimate of drug-likeness (QED) is 0.625. The molecule has 2 heterocycles. The molecule has 7 nitrogen and oxygen atoms in total. The fourth-order valence-corrected chi connectivity index (χ4v) is 3.36. The Morgan fingerprint density at radius 2 is 2.04 bits per heavy atom. The number of fused-ring (bicyclic) bond motifs is 1. The topological polar surface area (TPSA) is 67.6 Å². The standard InChI is InChI=1S/C20H30N6O/c1-4-21-20(25(2)15-16-9-11-17(27-3)12-10-16)22-14-19-24-23-18-8-6-5-7-13-26(18)19/h9-12H,4-8,13-15H2,1-3H3,(H,21,22). The van der Waals surface area contributed by atoms with Gasteiger partial charge in [0.2, 0.25) is 0 Å². The van der Waals surface area contributed by atoms with Gasteiger partial charge in [-0.3, -0.25) is 0 Å². The first-order valence-corrected chi connectivity index (χ1v) is 9.74. The van der Waals surface area contributed by atoms with Crippen molar-refractivity contribution < 1.29 is 4.74 Å². The summed E-state index contributed by atoms with van der Waals surface area (Å²) in [6.45, 7) is 5.23. The maximum absolute atomic E-state index is 5.23. The van der Waals surface area contributed by atoms with Gasteiger partial charge in [0.15, 0.2) is 11.8 Å². The average molecular weight is 371 g/mol. The SMILES string of the molecule is CCNC(=NCc1nnc2n1CCCCC2)N(C)Cc1ccc(OC)cc1. The summed E-state index contributed by atoms with van der Waals surface area (Å²) in [7, 11) is 3.73. The van der Waals surface area contributed by atoms with Crippen LogP contribution in [0.15, 0.2) is 29.3 Å². The van der Waals surface area contributed by atoms with Crippen molar-refractivity contribution in [2.24, 2.45) is 4.99 Å². The highest BCUT2D eigenvalue weighted by atomic mass is 16.5. The van der Waals surface area contributed by atoms with E-state index in [0.717, 1.165) is 49.4 Å². The lowest BCUT2D eigenvalue weighted by molar-refractivity contribution is 0.414. The molecule has 2 aromatic rings. The molecule has 0 unspecified atom stereocenters. The van der Waals surface area contributed by atoms with Crippen molar-refractivity contribution in [2.45, 2.75) is 52.2 Å². The smallest absolute Gasteiger partial charge is 0.194 e. The zero-order chi connectivity index (χ0) is 19.1. The van der Waals surface area contributed by atoms with Crippen LogP contribution in [-0.2, 0) is 26.1 Å². The van der Waals surface area contributed by atoms with Crippen LogP contribution < -0.4 is 10.1 Å². The Labute approximate surface area is 161 Å². The molecule has 0 saturated heterocycles. The van der Waals surface area contributed by atoms with Crippen molar-refractivity contribution in [2.75, 3.05) is 20.7 Å². The van der Waals surface area contributed by atoms with E-state index in [2.05, 4.69) is 51.1 Å². The second kappa shape index (κ2) is 9.39. The van der Waals surface area contributed by atoms with Gasteiger partial charge in [0.25, 0.3) is 0 Å². The number of rotatable bonds is 6. The summed E-state index contributed by atoms with van der Waals surface area (Å²) in [5.74, 6) is 3.81. The van der Waals surface area contributed by atoms with Crippen LogP contribution in [0.5, 0.6) is 5.75 Å². The molecule has 0 radical (unpaired) electrons. The minimum absolute atomic E-state index is 0.544. The van der Waals surface area contributed by atoms with Gasteiger partial charge >= 0.3 is 0 Å². The molecular weight excluding hydrogens is 340 g/mol. The zero-order valence-electron chi connectivity index (χ0n) is 16.6. The van der Waals surface area contributed by atoms with Crippen LogP contribution in [0.3, 0.4) is 0 Å². The van der Waals surface area contributed by atoms with Crippen LogP contribution in [0.1, 0.15) is 43.4 Å². The molecule has 0 aliphatic carbocycles. The Kier molecular flexibility index (Phi) is 6.68. The molecule has 146 valence electrons.